The van der Waals surface area contributed by atoms with Gasteiger partial charge in [0.05, 0.1) is 5.75 Å². The number of rotatable bonds is 4. The first-order valence-electron chi connectivity index (χ1n) is 6.19. The normalized spacial score (nSPS) is 10.4. The minimum atomic E-state index is -0.420. The van der Waals surface area contributed by atoms with Crippen molar-refractivity contribution in [2.75, 3.05) is 16.8 Å². The van der Waals surface area contributed by atoms with Gasteiger partial charge in [-0.1, -0.05) is 6.07 Å². The van der Waals surface area contributed by atoms with Gasteiger partial charge >= 0.3 is 0 Å². The zero-order chi connectivity index (χ0) is 15.4. The standard InChI is InChI=1S/C15H14F2N2OS/c1-9-2-4-11(7-12(9)17)19-15(20)8-21-14-5-3-10(16)6-13(14)18/h2-7H,8,18H2,1H3,(H,19,20). The second kappa shape index (κ2) is 6.58. The number of hydrogen-bond donors (Lipinski definition) is 2. The lowest BCUT2D eigenvalue weighted by atomic mass is 10.2. The SMILES string of the molecule is Cc1ccc(NC(=O)CSc2ccc(F)cc2N)cc1F. The van der Waals surface area contributed by atoms with Crippen molar-refractivity contribution >= 4 is 29.0 Å². The molecule has 0 spiro atoms. The van der Waals surface area contributed by atoms with Crippen LogP contribution >= 0.6 is 11.8 Å². The molecule has 3 nitrogen and oxygen atoms in total. The zero-order valence-corrected chi connectivity index (χ0v) is 12.1. The van der Waals surface area contributed by atoms with Crippen molar-refractivity contribution < 1.29 is 13.6 Å². The van der Waals surface area contributed by atoms with Gasteiger partial charge in [0.25, 0.3) is 0 Å². The number of carbonyl (C=O) groups excluding carboxylic acids is 1. The fraction of sp³-hybridized carbons (Fsp3) is 0.133. The molecule has 0 saturated heterocycles. The third kappa shape index (κ3) is 4.19. The molecular formula is C15H14F2N2OS. The highest BCUT2D eigenvalue weighted by molar-refractivity contribution is 8.00. The average Bonchev–Trinajstić information content (AvgIpc) is 2.42. The molecule has 21 heavy (non-hydrogen) atoms. The number of carbonyl (C=O) groups is 1. The summed E-state index contributed by atoms with van der Waals surface area (Å²) in [6, 6.07) is 8.50. The molecule has 0 aliphatic heterocycles. The van der Waals surface area contributed by atoms with Crippen LogP contribution in [-0.2, 0) is 4.79 Å². The summed E-state index contributed by atoms with van der Waals surface area (Å²) in [4.78, 5) is 12.4. The molecule has 0 aromatic heterocycles. The van der Waals surface area contributed by atoms with Crippen LogP contribution < -0.4 is 11.1 Å². The molecule has 1 amide bonds. The zero-order valence-electron chi connectivity index (χ0n) is 11.3. The highest BCUT2D eigenvalue weighted by Crippen LogP contribution is 2.25. The second-order valence-electron chi connectivity index (χ2n) is 4.48. The van der Waals surface area contributed by atoms with Gasteiger partial charge in [0, 0.05) is 16.3 Å². The number of halogens is 2. The summed E-state index contributed by atoms with van der Waals surface area (Å²) in [6.45, 7) is 1.65. The van der Waals surface area contributed by atoms with Gasteiger partial charge in [0.1, 0.15) is 11.6 Å². The molecule has 0 aliphatic rings. The first-order valence-corrected chi connectivity index (χ1v) is 7.18. The Balaban J connectivity index is 1.94. The molecule has 3 N–H and O–H groups in total. The quantitative estimate of drug-likeness (QED) is 0.670. The lowest BCUT2D eigenvalue weighted by molar-refractivity contribution is -0.113. The number of nitrogen functional groups attached to an aromatic ring is 1. The minimum Gasteiger partial charge on any atom is -0.398 e. The first-order chi connectivity index (χ1) is 9.95. The van der Waals surface area contributed by atoms with E-state index < -0.39 is 5.82 Å². The Labute approximate surface area is 125 Å². The summed E-state index contributed by atoms with van der Waals surface area (Å²) in [5.41, 5.74) is 6.85. The predicted octanol–water partition coefficient (Wildman–Crippen LogP) is 3.59. The van der Waals surface area contributed by atoms with Crippen LogP contribution in [0.15, 0.2) is 41.3 Å². The van der Waals surface area contributed by atoms with Crippen molar-refractivity contribution in [1.29, 1.82) is 0 Å². The van der Waals surface area contributed by atoms with E-state index in [2.05, 4.69) is 5.32 Å². The maximum absolute atomic E-state index is 13.4. The van der Waals surface area contributed by atoms with E-state index in [9.17, 15) is 13.6 Å². The third-order valence-corrected chi connectivity index (χ3v) is 3.88. The first kappa shape index (κ1) is 15.3. The summed E-state index contributed by atoms with van der Waals surface area (Å²) < 4.78 is 26.3. The summed E-state index contributed by atoms with van der Waals surface area (Å²) in [7, 11) is 0. The molecule has 6 heteroatoms. The van der Waals surface area contributed by atoms with Crippen molar-refractivity contribution in [1.82, 2.24) is 0 Å². The summed E-state index contributed by atoms with van der Waals surface area (Å²) in [5, 5.41) is 2.60. The Hall–Kier alpha value is -2.08. The van der Waals surface area contributed by atoms with Gasteiger partial charge in [-0.15, -0.1) is 11.8 Å². The van der Waals surface area contributed by atoms with Crippen LogP contribution in [0.1, 0.15) is 5.56 Å². The Morgan fingerprint density at radius 3 is 2.67 bits per heavy atom. The summed E-state index contributed by atoms with van der Waals surface area (Å²) in [6.07, 6.45) is 0. The molecule has 0 radical (unpaired) electrons. The summed E-state index contributed by atoms with van der Waals surface area (Å²) in [5.74, 6) is -0.975. The Bertz CT molecular complexity index is 677. The number of hydrogen-bond acceptors (Lipinski definition) is 3. The largest absolute Gasteiger partial charge is 0.398 e. The number of nitrogens with two attached hydrogens (primary N) is 1. The van der Waals surface area contributed by atoms with Crippen LogP contribution in [0.3, 0.4) is 0 Å². The van der Waals surface area contributed by atoms with Gasteiger partial charge in [-0.2, -0.15) is 0 Å². The van der Waals surface area contributed by atoms with E-state index in [1.807, 2.05) is 0 Å². The minimum absolute atomic E-state index is 0.103. The van der Waals surface area contributed by atoms with E-state index in [-0.39, 0.29) is 23.2 Å². The lowest BCUT2D eigenvalue weighted by Crippen LogP contribution is -2.14. The van der Waals surface area contributed by atoms with Gasteiger partial charge in [-0.3, -0.25) is 4.79 Å². The highest BCUT2D eigenvalue weighted by Gasteiger charge is 2.08. The van der Waals surface area contributed by atoms with E-state index >= 15 is 0 Å². The van der Waals surface area contributed by atoms with Crippen LogP contribution in [0.2, 0.25) is 0 Å². The number of amides is 1. The van der Waals surface area contributed by atoms with Gasteiger partial charge in [-0.25, -0.2) is 8.78 Å². The second-order valence-corrected chi connectivity index (χ2v) is 5.50. The molecule has 0 heterocycles. The summed E-state index contributed by atoms with van der Waals surface area (Å²) >= 11 is 1.19. The average molecular weight is 308 g/mol. The van der Waals surface area contributed by atoms with E-state index in [0.717, 1.165) is 0 Å². The number of anilines is 2. The molecule has 0 atom stereocenters. The predicted molar refractivity (Wildman–Crippen MR) is 81.3 cm³/mol. The van der Waals surface area contributed by atoms with Crippen molar-refractivity contribution in [2.24, 2.45) is 0 Å². The van der Waals surface area contributed by atoms with Crippen LogP contribution in [0.25, 0.3) is 0 Å². The maximum atomic E-state index is 13.4. The number of aryl methyl sites for hydroxylation is 1. The van der Waals surface area contributed by atoms with E-state index in [4.69, 9.17) is 5.73 Å². The molecular weight excluding hydrogens is 294 g/mol. The molecule has 0 saturated carbocycles. The number of thioether (sulfide) groups is 1. The van der Waals surface area contributed by atoms with Crippen LogP contribution in [0.4, 0.5) is 20.2 Å². The third-order valence-electron chi connectivity index (χ3n) is 2.79. The smallest absolute Gasteiger partial charge is 0.234 e. The molecule has 2 aromatic carbocycles. The molecule has 0 unspecified atom stereocenters. The molecule has 110 valence electrons. The number of benzene rings is 2. The number of nitrogens with one attached hydrogen (secondary N) is 1. The topological polar surface area (TPSA) is 55.1 Å². The fourth-order valence-electron chi connectivity index (χ4n) is 1.66. The molecule has 0 aliphatic carbocycles. The Morgan fingerprint density at radius 2 is 2.00 bits per heavy atom. The van der Waals surface area contributed by atoms with E-state index in [1.54, 1.807) is 19.1 Å². The highest BCUT2D eigenvalue weighted by atomic mass is 32.2. The molecule has 2 aromatic rings. The maximum Gasteiger partial charge on any atom is 0.234 e. The van der Waals surface area contributed by atoms with Gasteiger partial charge in [-0.05, 0) is 42.8 Å². The van der Waals surface area contributed by atoms with Crippen molar-refractivity contribution in [3.63, 3.8) is 0 Å². The van der Waals surface area contributed by atoms with Crippen molar-refractivity contribution in [3.8, 4) is 0 Å². The fourth-order valence-corrected chi connectivity index (χ4v) is 2.41. The molecule has 0 bridgehead atoms. The van der Waals surface area contributed by atoms with Gasteiger partial charge < -0.3 is 11.1 Å². The monoisotopic (exact) mass is 308 g/mol. The van der Waals surface area contributed by atoms with Crippen LogP contribution in [-0.4, -0.2) is 11.7 Å². The molecule has 0 fully saturated rings. The van der Waals surface area contributed by atoms with Crippen molar-refractivity contribution in [2.45, 2.75) is 11.8 Å². The van der Waals surface area contributed by atoms with E-state index in [1.165, 1.54) is 36.0 Å². The van der Waals surface area contributed by atoms with Gasteiger partial charge in [0.15, 0.2) is 0 Å². The molecule has 2 rings (SSSR count). The van der Waals surface area contributed by atoms with Gasteiger partial charge in [0.2, 0.25) is 5.91 Å². The van der Waals surface area contributed by atoms with Crippen LogP contribution in [0, 0.1) is 18.6 Å². The Morgan fingerprint density at radius 1 is 1.24 bits per heavy atom. The van der Waals surface area contributed by atoms with Crippen LogP contribution in [0.5, 0.6) is 0 Å². The lowest BCUT2D eigenvalue weighted by Gasteiger charge is -2.07. The Kier molecular flexibility index (Phi) is 4.80. The van der Waals surface area contributed by atoms with E-state index in [0.29, 0.717) is 16.1 Å². The van der Waals surface area contributed by atoms with Crippen molar-refractivity contribution in [3.05, 3.63) is 53.6 Å².